The smallest absolute Gasteiger partial charge is 0.0853 e. The maximum absolute atomic E-state index is 5.12. The molecule has 2 heteroatoms. The fourth-order valence-electron chi connectivity index (χ4n) is 0.775. The van der Waals surface area contributed by atoms with Gasteiger partial charge in [0.15, 0.2) is 0 Å². The zero-order valence-corrected chi connectivity index (χ0v) is 6.98. The molecule has 1 saturated carbocycles. The number of thiocarbonyl (C=S) groups is 1. The quantitative estimate of drug-likeness (QED) is 0.521. The van der Waals surface area contributed by atoms with Crippen LogP contribution < -0.4 is 0 Å². The van der Waals surface area contributed by atoms with E-state index in [9.17, 15) is 0 Å². The summed E-state index contributed by atoms with van der Waals surface area (Å²) in [5.74, 6) is 1.12. The Labute approximate surface area is 68.4 Å². The maximum atomic E-state index is 5.12. The maximum Gasteiger partial charge on any atom is 0.0853 e. The van der Waals surface area contributed by atoms with Crippen molar-refractivity contribution < 1.29 is 0 Å². The minimum Gasteiger partial charge on any atom is -0.372 e. The average molecular weight is 152 g/mol. The lowest BCUT2D eigenvalue weighted by Crippen LogP contribution is -2.25. The van der Waals surface area contributed by atoms with Gasteiger partial charge in [-0.25, -0.2) is 0 Å². The van der Waals surface area contributed by atoms with Gasteiger partial charge in [0.05, 0.1) is 4.99 Å². The highest BCUT2D eigenvalue weighted by Gasteiger charge is 2.21. The monoisotopic (exact) mass is 152 g/mol. The van der Waals surface area contributed by atoms with E-state index in [0.717, 1.165) is 10.9 Å². The summed E-state index contributed by atoms with van der Waals surface area (Å²) in [6, 6.07) is 0. The first-order valence-corrected chi connectivity index (χ1v) is 3.56. The molecular weight excluding hydrogens is 142 g/mol. The first kappa shape index (κ1) is 7.99. The van der Waals surface area contributed by atoms with E-state index in [1.54, 1.807) is 0 Å². The van der Waals surface area contributed by atoms with Gasteiger partial charge in [0, 0.05) is 20.0 Å². The van der Waals surface area contributed by atoms with Gasteiger partial charge in [-0.15, -0.1) is 0 Å². The Bertz CT molecular complexity index is 125. The molecule has 0 atom stereocenters. The summed E-state index contributed by atoms with van der Waals surface area (Å²) in [5.41, 5.74) is 0. The minimum absolute atomic E-state index is 0.894. The second kappa shape index (κ2) is 3.33. The Kier molecular flexibility index (Phi) is 2.66. The highest BCUT2D eigenvalue weighted by molar-refractivity contribution is 7.80. The molecule has 1 rings (SSSR count). The molecule has 0 heterocycles. The van der Waals surface area contributed by atoms with Crippen molar-refractivity contribution in [3.8, 4) is 0 Å². The number of hydrogen-bond donors (Lipinski definition) is 0. The highest BCUT2D eigenvalue weighted by atomic mass is 32.1. The lowest BCUT2D eigenvalue weighted by molar-refractivity contribution is 0.630. The predicted molar refractivity (Wildman–Crippen MR) is 46.7 cm³/mol. The molecule has 0 aliphatic heterocycles. The number of rotatable bonds is 1. The molecule has 0 aromatic heterocycles. The lowest BCUT2D eigenvalue weighted by Gasteiger charge is -2.17. The van der Waals surface area contributed by atoms with Gasteiger partial charge in [-0.3, -0.25) is 0 Å². The van der Waals surface area contributed by atoms with E-state index in [0.29, 0.717) is 0 Å². The fourth-order valence-corrected chi connectivity index (χ4v) is 0.911. The third kappa shape index (κ3) is 1.69. The van der Waals surface area contributed by atoms with Gasteiger partial charge in [0.2, 0.25) is 0 Å². The zero-order valence-electron chi connectivity index (χ0n) is 6.16. The van der Waals surface area contributed by atoms with Crippen LogP contribution in [0.2, 0.25) is 0 Å². The van der Waals surface area contributed by atoms with E-state index in [-0.39, 0.29) is 0 Å². The first-order chi connectivity index (χ1) is 4.72. The predicted octanol–water partition coefficient (Wildman–Crippen LogP) is 1.28. The van der Waals surface area contributed by atoms with Crippen molar-refractivity contribution in [3.05, 3.63) is 31.6 Å². The van der Waals surface area contributed by atoms with Gasteiger partial charge in [-0.2, -0.15) is 0 Å². The normalized spacial score (nSPS) is 19.4. The third-order valence-electron chi connectivity index (χ3n) is 1.32. The summed E-state index contributed by atoms with van der Waals surface area (Å²) < 4.78 is 0. The Morgan fingerprint density at radius 3 is 2.20 bits per heavy atom. The van der Waals surface area contributed by atoms with Crippen LogP contribution in [0.25, 0.3) is 0 Å². The molecule has 0 unspecified atom stereocenters. The standard InChI is InChI=1S/C8H10NS/c1-9(2)8(10)7-5-3-4-6-7/h3-6H,1-2H3. The molecule has 1 fully saturated rings. The number of nitrogens with zero attached hydrogens (tertiary/aromatic N) is 1. The Morgan fingerprint density at radius 2 is 1.80 bits per heavy atom. The average Bonchev–Trinajstić information content (AvgIpc) is 2.36. The van der Waals surface area contributed by atoms with Crippen molar-refractivity contribution in [1.82, 2.24) is 4.90 Å². The van der Waals surface area contributed by atoms with Gasteiger partial charge in [-0.1, -0.05) is 12.2 Å². The van der Waals surface area contributed by atoms with Crippen LogP contribution in [0.3, 0.4) is 0 Å². The van der Waals surface area contributed by atoms with Crippen molar-refractivity contribution in [1.29, 1.82) is 0 Å². The molecule has 0 bridgehead atoms. The second-order valence-electron chi connectivity index (χ2n) is 2.37. The highest BCUT2D eigenvalue weighted by Crippen LogP contribution is 2.24. The van der Waals surface area contributed by atoms with E-state index >= 15 is 0 Å². The molecule has 0 amide bonds. The summed E-state index contributed by atoms with van der Waals surface area (Å²) in [7, 11) is 3.91. The molecule has 0 aromatic rings. The molecule has 53 valence electrons. The molecule has 5 radical (unpaired) electrons. The topological polar surface area (TPSA) is 3.24 Å². The third-order valence-corrected chi connectivity index (χ3v) is 1.92. The van der Waals surface area contributed by atoms with Crippen molar-refractivity contribution in [2.45, 2.75) is 0 Å². The van der Waals surface area contributed by atoms with Crippen molar-refractivity contribution >= 4 is 17.2 Å². The lowest BCUT2D eigenvalue weighted by atomic mass is 10.1. The van der Waals surface area contributed by atoms with Crippen molar-refractivity contribution in [3.63, 3.8) is 0 Å². The van der Waals surface area contributed by atoms with Crippen LogP contribution >= 0.6 is 12.2 Å². The Balaban J connectivity index is 2.40. The largest absolute Gasteiger partial charge is 0.372 e. The van der Waals surface area contributed by atoms with Crippen molar-refractivity contribution in [2.24, 2.45) is 0 Å². The molecule has 0 saturated heterocycles. The Hall–Kier alpha value is -0.110. The molecule has 0 N–H and O–H groups in total. The summed E-state index contributed by atoms with van der Waals surface area (Å²) in [6.45, 7) is 0. The summed E-state index contributed by atoms with van der Waals surface area (Å²) in [4.78, 5) is 2.83. The summed E-state index contributed by atoms with van der Waals surface area (Å²) in [5, 5.41) is 0. The molecule has 1 nitrogen and oxygen atoms in total. The molecule has 10 heavy (non-hydrogen) atoms. The second-order valence-corrected chi connectivity index (χ2v) is 2.76. The van der Waals surface area contributed by atoms with Crippen LogP contribution in [-0.4, -0.2) is 24.0 Å². The molecule has 1 aliphatic rings. The molecule has 0 spiro atoms. The van der Waals surface area contributed by atoms with Crippen LogP contribution in [0.4, 0.5) is 0 Å². The summed E-state index contributed by atoms with van der Waals surface area (Å²) >= 11 is 5.12. The summed E-state index contributed by atoms with van der Waals surface area (Å²) in [6.07, 6.45) is 8.01. The fraction of sp³-hybridized carbons (Fsp3) is 0.250. The van der Waals surface area contributed by atoms with Gasteiger partial charge < -0.3 is 4.90 Å². The minimum atomic E-state index is 0.894. The van der Waals surface area contributed by atoms with E-state index in [2.05, 4.69) is 0 Å². The van der Waals surface area contributed by atoms with Crippen LogP contribution in [0.5, 0.6) is 0 Å². The van der Waals surface area contributed by atoms with E-state index in [1.165, 1.54) is 0 Å². The number of hydrogen-bond acceptors (Lipinski definition) is 1. The van der Waals surface area contributed by atoms with Gasteiger partial charge in [-0.05, 0) is 25.7 Å². The Morgan fingerprint density at radius 1 is 1.30 bits per heavy atom. The zero-order chi connectivity index (χ0) is 7.56. The SMILES string of the molecule is CN(C)C(=S)[C]1[CH][CH][CH][CH]1. The van der Waals surface area contributed by atoms with E-state index in [1.807, 2.05) is 44.7 Å². The van der Waals surface area contributed by atoms with Crippen molar-refractivity contribution in [2.75, 3.05) is 14.1 Å². The first-order valence-electron chi connectivity index (χ1n) is 3.15. The van der Waals surface area contributed by atoms with Gasteiger partial charge in [0.1, 0.15) is 0 Å². The molecule has 1 aliphatic carbocycles. The molecule has 0 aromatic carbocycles. The molecular formula is C8H10NS. The van der Waals surface area contributed by atoms with Gasteiger partial charge in [0.25, 0.3) is 0 Å². The van der Waals surface area contributed by atoms with E-state index < -0.39 is 0 Å². The van der Waals surface area contributed by atoms with Crippen LogP contribution in [0, 0.1) is 31.6 Å². The van der Waals surface area contributed by atoms with Gasteiger partial charge >= 0.3 is 0 Å². The van der Waals surface area contributed by atoms with Crippen LogP contribution in [0.1, 0.15) is 0 Å². The van der Waals surface area contributed by atoms with E-state index in [4.69, 9.17) is 12.2 Å². The van der Waals surface area contributed by atoms with Crippen LogP contribution in [0.15, 0.2) is 0 Å². The van der Waals surface area contributed by atoms with Crippen LogP contribution in [-0.2, 0) is 0 Å².